The van der Waals surface area contributed by atoms with E-state index in [1.807, 2.05) is 0 Å². The lowest BCUT2D eigenvalue weighted by atomic mass is 9.94. The number of alkyl halides is 3. The molecule has 5 aromatic rings. The van der Waals surface area contributed by atoms with Gasteiger partial charge in [0.2, 0.25) is 0 Å². The van der Waals surface area contributed by atoms with Gasteiger partial charge in [0.25, 0.3) is 0 Å². The summed E-state index contributed by atoms with van der Waals surface area (Å²) in [5, 5.41) is 9.06. The highest BCUT2D eigenvalue weighted by atomic mass is 19.4. The third-order valence-electron chi connectivity index (χ3n) is 6.90. The molecule has 1 atom stereocenters. The summed E-state index contributed by atoms with van der Waals surface area (Å²) in [6.45, 7) is 1.69. The number of nitrogens with zero attached hydrogens (tertiary/aromatic N) is 1. The van der Waals surface area contributed by atoms with E-state index in [-0.39, 0.29) is 52.0 Å². The van der Waals surface area contributed by atoms with Gasteiger partial charge >= 0.3 is 12.1 Å². The van der Waals surface area contributed by atoms with Gasteiger partial charge in [0.15, 0.2) is 11.6 Å². The minimum absolute atomic E-state index is 0.0102. The van der Waals surface area contributed by atoms with Crippen LogP contribution in [0.25, 0.3) is 22.3 Å². The Kier molecular flexibility index (Phi) is 7.72. The Hall–Kier alpha value is -4.74. The van der Waals surface area contributed by atoms with Crippen molar-refractivity contribution < 1.29 is 41.0 Å². The fourth-order valence-corrected chi connectivity index (χ4v) is 4.81. The van der Waals surface area contributed by atoms with E-state index in [4.69, 9.17) is 9.84 Å². The predicted octanol–water partition coefficient (Wildman–Crippen LogP) is 8.04. The largest absolute Gasteiger partial charge is 0.481 e. The number of imidazole rings is 1. The first kappa shape index (κ1) is 28.8. The van der Waals surface area contributed by atoms with E-state index in [1.54, 1.807) is 19.1 Å². The molecule has 3 N–H and O–H groups in total. The maximum atomic E-state index is 15.2. The molecule has 0 aliphatic rings. The molecule has 0 radical (unpaired) electrons. The molecule has 218 valence electrons. The number of hydrogen-bond donors (Lipinski definition) is 3. The molecule has 2 aromatic heterocycles. The van der Waals surface area contributed by atoms with Crippen molar-refractivity contribution >= 4 is 16.9 Å². The number of hydrogen-bond acceptors (Lipinski definition) is 3. The minimum atomic E-state index is -4.65. The number of fused-ring (bicyclic) bond motifs is 1. The molecule has 0 aliphatic heterocycles. The molecule has 2 heterocycles. The Balaban J connectivity index is 1.45. The Labute approximate surface area is 235 Å². The zero-order chi connectivity index (χ0) is 30.2. The third kappa shape index (κ3) is 5.97. The van der Waals surface area contributed by atoms with Crippen molar-refractivity contribution in [2.24, 2.45) is 0 Å². The minimum Gasteiger partial charge on any atom is -0.481 e. The summed E-state index contributed by atoms with van der Waals surface area (Å²) in [5.74, 6) is -4.70. The summed E-state index contributed by atoms with van der Waals surface area (Å²) >= 11 is 0. The number of H-pyrrole nitrogens is 2. The second-order valence-electron chi connectivity index (χ2n) is 9.76. The number of rotatable bonds is 9. The molecule has 0 aliphatic carbocycles. The molecule has 6 nitrogen and oxygen atoms in total. The number of ether oxygens (including phenoxy) is 1. The van der Waals surface area contributed by atoms with Crippen molar-refractivity contribution in [1.82, 2.24) is 15.0 Å². The van der Waals surface area contributed by atoms with E-state index < -0.39 is 53.2 Å². The Morgan fingerprint density at radius 2 is 1.86 bits per heavy atom. The van der Waals surface area contributed by atoms with Crippen LogP contribution < -0.4 is 4.74 Å². The van der Waals surface area contributed by atoms with Gasteiger partial charge in [-0.15, -0.1) is 0 Å². The number of benzene rings is 3. The van der Waals surface area contributed by atoms with Crippen molar-refractivity contribution in [1.29, 1.82) is 0 Å². The fourth-order valence-electron chi connectivity index (χ4n) is 4.81. The van der Waals surface area contributed by atoms with Crippen LogP contribution in [0.1, 0.15) is 41.6 Å². The lowest BCUT2D eigenvalue weighted by molar-refractivity contribution is -0.137. The molecular formula is C30H23F6N3O3. The van der Waals surface area contributed by atoms with Crippen LogP contribution in [0.3, 0.4) is 0 Å². The number of aromatic amines is 2. The van der Waals surface area contributed by atoms with Crippen molar-refractivity contribution in [2.45, 2.75) is 38.3 Å². The fraction of sp³-hybridized carbons (Fsp3) is 0.200. The summed E-state index contributed by atoms with van der Waals surface area (Å²) in [7, 11) is 0. The number of carbonyl (C=O) groups is 1. The lowest BCUT2D eigenvalue weighted by Crippen LogP contribution is -2.13. The maximum absolute atomic E-state index is 15.2. The number of carboxylic acid groups (broad SMARTS) is 1. The van der Waals surface area contributed by atoms with Crippen LogP contribution in [-0.4, -0.2) is 32.2 Å². The smallest absolute Gasteiger partial charge is 0.393 e. The van der Waals surface area contributed by atoms with E-state index in [0.717, 1.165) is 18.2 Å². The van der Waals surface area contributed by atoms with Crippen molar-refractivity contribution in [3.05, 3.63) is 101 Å². The molecule has 0 amide bonds. The molecule has 0 spiro atoms. The maximum Gasteiger partial charge on any atom is 0.393 e. The average molecular weight is 588 g/mol. The van der Waals surface area contributed by atoms with Crippen molar-refractivity contribution in [3.63, 3.8) is 0 Å². The molecule has 5 rings (SSSR count). The number of halogens is 6. The van der Waals surface area contributed by atoms with Gasteiger partial charge in [0.05, 0.1) is 12.0 Å². The topological polar surface area (TPSA) is 91.0 Å². The molecule has 0 fully saturated rings. The molecule has 3 aromatic carbocycles. The SMILES string of the molecule is C[C@H](c1cnc(-c2cc(Oc3c(F)cc4[nH]ccc4c3CC(F)(F)F)ccc2F)[nH]1)c1cccc(CCC(=O)O)c1F. The molecule has 0 saturated carbocycles. The van der Waals surface area contributed by atoms with Gasteiger partial charge in [0.1, 0.15) is 23.2 Å². The summed E-state index contributed by atoms with van der Waals surface area (Å²) in [5.41, 5.74) is 0.584. The van der Waals surface area contributed by atoms with Gasteiger partial charge in [0, 0.05) is 53.0 Å². The number of aliphatic carboxylic acids is 1. The Bertz CT molecular complexity index is 1780. The van der Waals surface area contributed by atoms with Crippen molar-refractivity contribution in [2.75, 3.05) is 0 Å². The zero-order valence-electron chi connectivity index (χ0n) is 22.0. The summed E-state index contributed by atoms with van der Waals surface area (Å²) < 4.78 is 90.7. The third-order valence-corrected chi connectivity index (χ3v) is 6.90. The number of carboxylic acids is 1. The van der Waals surface area contributed by atoms with Crippen LogP contribution in [0.15, 0.2) is 60.9 Å². The van der Waals surface area contributed by atoms with Gasteiger partial charge in [-0.1, -0.05) is 25.1 Å². The molecule has 0 saturated heterocycles. The Morgan fingerprint density at radius 1 is 1.07 bits per heavy atom. The molecular weight excluding hydrogens is 564 g/mol. The van der Waals surface area contributed by atoms with E-state index >= 15 is 4.39 Å². The molecule has 42 heavy (non-hydrogen) atoms. The normalized spacial score (nSPS) is 12.5. The van der Waals surface area contributed by atoms with Crippen LogP contribution in [0, 0.1) is 17.5 Å². The van der Waals surface area contributed by atoms with Gasteiger partial charge < -0.3 is 19.8 Å². The van der Waals surface area contributed by atoms with Crippen LogP contribution in [0.5, 0.6) is 11.5 Å². The number of aryl methyl sites for hydroxylation is 1. The first-order chi connectivity index (χ1) is 19.9. The average Bonchev–Trinajstić information content (AvgIpc) is 3.60. The molecule has 0 bridgehead atoms. The highest BCUT2D eigenvalue weighted by Crippen LogP contribution is 2.39. The van der Waals surface area contributed by atoms with Crippen molar-refractivity contribution in [3.8, 4) is 22.9 Å². The highest BCUT2D eigenvalue weighted by Gasteiger charge is 2.32. The van der Waals surface area contributed by atoms with Gasteiger partial charge in [-0.25, -0.2) is 18.2 Å². The highest BCUT2D eigenvalue weighted by molar-refractivity contribution is 5.85. The summed E-state index contributed by atoms with van der Waals surface area (Å²) in [6, 6.07) is 10.4. The van der Waals surface area contributed by atoms with E-state index in [1.165, 1.54) is 30.6 Å². The van der Waals surface area contributed by atoms with Crippen LogP contribution in [-0.2, 0) is 17.6 Å². The Morgan fingerprint density at radius 3 is 2.60 bits per heavy atom. The number of aromatic nitrogens is 3. The first-order valence-corrected chi connectivity index (χ1v) is 12.8. The van der Waals surface area contributed by atoms with Crippen LogP contribution >= 0.6 is 0 Å². The standard InChI is InChI=1S/C30H23F6N3O3/c1-15(18-4-2-3-16(27(18)33)5-8-26(40)41)25-14-38-29(39-25)20-11-17(6-7-22(20)31)42-28-21(13-30(34,35)36)19-9-10-37-24(19)12-23(28)32/h2-4,6-7,9-12,14-15,37H,5,8,13H2,1H3,(H,38,39)(H,40,41)/t15-/m0/s1. The zero-order valence-corrected chi connectivity index (χ0v) is 22.0. The van der Waals surface area contributed by atoms with Gasteiger partial charge in [-0.3, -0.25) is 4.79 Å². The summed E-state index contributed by atoms with van der Waals surface area (Å²) in [6.07, 6.45) is -3.55. The second-order valence-corrected chi connectivity index (χ2v) is 9.76. The van der Waals surface area contributed by atoms with Gasteiger partial charge in [-0.2, -0.15) is 13.2 Å². The first-order valence-electron chi connectivity index (χ1n) is 12.8. The number of nitrogens with one attached hydrogen (secondary N) is 2. The predicted molar refractivity (Wildman–Crippen MR) is 142 cm³/mol. The quantitative estimate of drug-likeness (QED) is 0.152. The molecule has 0 unspecified atom stereocenters. The van der Waals surface area contributed by atoms with Crippen LogP contribution in [0.4, 0.5) is 26.3 Å². The second kappa shape index (κ2) is 11.3. The van der Waals surface area contributed by atoms with E-state index in [0.29, 0.717) is 5.69 Å². The lowest BCUT2D eigenvalue weighted by Gasteiger charge is -2.16. The van der Waals surface area contributed by atoms with E-state index in [9.17, 15) is 26.7 Å². The monoisotopic (exact) mass is 587 g/mol. The molecule has 12 heteroatoms. The van der Waals surface area contributed by atoms with Crippen LogP contribution in [0.2, 0.25) is 0 Å². The van der Waals surface area contributed by atoms with Gasteiger partial charge in [-0.05, 0) is 41.8 Å². The van der Waals surface area contributed by atoms with E-state index in [2.05, 4.69) is 15.0 Å². The summed E-state index contributed by atoms with van der Waals surface area (Å²) in [4.78, 5) is 20.7.